The van der Waals surface area contributed by atoms with Gasteiger partial charge in [0.1, 0.15) is 21.6 Å². The van der Waals surface area contributed by atoms with E-state index in [-0.39, 0.29) is 0 Å². The topological polar surface area (TPSA) is 30.7 Å². The van der Waals surface area contributed by atoms with Crippen molar-refractivity contribution in [3.63, 3.8) is 0 Å². The molecule has 1 aliphatic carbocycles. The van der Waals surface area contributed by atoms with Crippen LogP contribution in [0, 0.1) is 13.8 Å². The average Bonchev–Trinajstić information content (AvgIpc) is 3.40. The Morgan fingerprint density at radius 1 is 1.04 bits per heavy atom. The van der Waals surface area contributed by atoms with Crippen LogP contribution >= 0.6 is 11.8 Å². The second-order valence-corrected chi connectivity index (χ2v) is 7.55. The number of nitrogens with zero attached hydrogens (tertiary/aromatic N) is 3. The highest BCUT2D eigenvalue weighted by Gasteiger charge is 2.23. The van der Waals surface area contributed by atoms with Gasteiger partial charge in [0.15, 0.2) is 0 Å². The normalized spacial score (nSPS) is 14.1. The minimum Gasteiger partial charge on any atom is -0.326 e. The molecular weight excluding hydrogens is 314 g/mol. The van der Waals surface area contributed by atoms with Crippen LogP contribution in [-0.2, 0) is 7.05 Å². The zero-order valence-electron chi connectivity index (χ0n) is 14.3. The first-order valence-corrected chi connectivity index (χ1v) is 9.17. The third-order valence-corrected chi connectivity index (χ3v) is 5.70. The van der Waals surface area contributed by atoms with Crippen molar-refractivity contribution < 1.29 is 0 Å². The molecule has 3 nitrogen and oxygen atoms in total. The van der Waals surface area contributed by atoms with E-state index in [0.29, 0.717) is 0 Å². The summed E-state index contributed by atoms with van der Waals surface area (Å²) in [5, 5.41) is 2.14. The van der Waals surface area contributed by atoms with Crippen molar-refractivity contribution in [3.05, 3.63) is 59.5 Å². The molecule has 0 spiro atoms. The average molecular weight is 335 g/mol. The monoisotopic (exact) mass is 335 g/mol. The summed E-state index contributed by atoms with van der Waals surface area (Å²) < 4.78 is 2.15. The Hall–Kier alpha value is -2.07. The molecule has 0 aliphatic heterocycles. The van der Waals surface area contributed by atoms with E-state index in [2.05, 4.69) is 66.8 Å². The van der Waals surface area contributed by atoms with Gasteiger partial charge in [-0.25, -0.2) is 9.97 Å². The van der Waals surface area contributed by atoms with Gasteiger partial charge in [0.05, 0.1) is 0 Å². The molecule has 2 aromatic heterocycles. The van der Waals surface area contributed by atoms with Crippen LogP contribution in [0.1, 0.15) is 35.7 Å². The van der Waals surface area contributed by atoms with Gasteiger partial charge in [-0.3, -0.25) is 0 Å². The Labute approximate surface area is 147 Å². The number of aromatic nitrogens is 3. The summed E-state index contributed by atoms with van der Waals surface area (Å²) in [6, 6.07) is 13.1. The lowest BCUT2D eigenvalue weighted by atomic mass is 10.1. The Kier molecular flexibility index (Phi) is 3.93. The second kappa shape index (κ2) is 6.10. The highest BCUT2D eigenvalue weighted by Crippen LogP contribution is 2.41. The number of imidazole rings is 1. The molecule has 0 N–H and O–H groups in total. The van der Waals surface area contributed by atoms with Gasteiger partial charge in [0, 0.05) is 18.8 Å². The molecule has 3 aromatic rings. The Morgan fingerprint density at radius 2 is 1.79 bits per heavy atom. The van der Waals surface area contributed by atoms with Gasteiger partial charge in [-0.15, -0.1) is 0 Å². The molecule has 0 unspecified atom stereocenters. The van der Waals surface area contributed by atoms with E-state index in [0.717, 1.165) is 27.5 Å². The van der Waals surface area contributed by atoms with Crippen LogP contribution in [-0.4, -0.2) is 14.5 Å². The van der Waals surface area contributed by atoms with Crippen molar-refractivity contribution in [2.24, 2.45) is 7.05 Å². The SMILES string of the molecule is Cc1ccc(Sc2c(-c3ccc(C4CC4)cc3)nc(C)n2C)nc1. The summed E-state index contributed by atoms with van der Waals surface area (Å²) in [5.41, 5.74) is 4.86. The predicted molar refractivity (Wildman–Crippen MR) is 98.5 cm³/mol. The number of benzene rings is 1. The van der Waals surface area contributed by atoms with Crippen LogP contribution < -0.4 is 0 Å². The summed E-state index contributed by atoms with van der Waals surface area (Å²) in [6.45, 7) is 4.11. The molecule has 4 heteroatoms. The Bertz CT molecular complexity index is 859. The van der Waals surface area contributed by atoms with Crippen LogP contribution in [0.3, 0.4) is 0 Å². The maximum atomic E-state index is 4.80. The van der Waals surface area contributed by atoms with Crippen LogP contribution in [0.15, 0.2) is 52.6 Å². The first-order valence-electron chi connectivity index (χ1n) is 8.36. The van der Waals surface area contributed by atoms with Crippen LogP contribution in [0.4, 0.5) is 0 Å². The highest BCUT2D eigenvalue weighted by atomic mass is 32.2. The van der Waals surface area contributed by atoms with E-state index < -0.39 is 0 Å². The van der Waals surface area contributed by atoms with Crippen molar-refractivity contribution in [2.75, 3.05) is 0 Å². The third kappa shape index (κ3) is 2.98. The van der Waals surface area contributed by atoms with E-state index in [4.69, 9.17) is 4.98 Å². The van der Waals surface area contributed by atoms with E-state index in [9.17, 15) is 0 Å². The zero-order chi connectivity index (χ0) is 16.7. The Morgan fingerprint density at radius 3 is 2.42 bits per heavy atom. The molecule has 0 amide bonds. The van der Waals surface area contributed by atoms with Gasteiger partial charge >= 0.3 is 0 Å². The van der Waals surface area contributed by atoms with Gasteiger partial charge < -0.3 is 4.57 Å². The lowest BCUT2D eigenvalue weighted by molar-refractivity contribution is 0.785. The molecule has 4 rings (SSSR count). The molecule has 1 saturated carbocycles. The number of hydrogen-bond acceptors (Lipinski definition) is 3. The maximum absolute atomic E-state index is 4.80. The lowest BCUT2D eigenvalue weighted by Crippen LogP contribution is -1.94. The van der Waals surface area contributed by atoms with Crippen LogP contribution in [0.5, 0.6) is 0 Å². The second-order valence-electron chi connectivity index (χ2n) is 6.54. The molecule has 2 heterocycles. The third-order valence-electron chi connectivity index (χ3n) is 4.58. The number of aryl methyl sites for hydroxylation is 2. The molecule has 122 valence electrons. The van der Waals surface area contributed by atoms with Crippen molar-refractivity contribution >= 4 is 11.8 Å². The van der Waals surface area contributed by atoms with Crippen LogP contribution in [0.2, 0.25) is 0 Å². The highest BCUT2D eigenvalue weighted by molar-refractivity contribution is 7.99. The van der Waals surface area contributed by atoms with Gasteiger partial charge in [0.25, 0.3) is 0 Å². The number of rotatable bonds is 4. The molecule has 24 heavy (non-hydrogen) atoms. The summed E-state index contributed by atoms with van der Waals surface area (Å²) in [4.78, 5) is 9.32. The maximum Gasteiger partial charge on any atom is 0.109 e. The van der Waals surface area contributed by atoms with E-state index in [1.807, 2.05) is 6.20 Å². The smallest absolute Gasteiger partial charge is 0.109 e. The summed E-state index contributed by atoms with van der Waals surface area (Å²) in [5.74, 6) is 1.81. The van der Waals surface area contributed by atoms with Gasteiger partial charge in [-0.05, 0) is 61.6 Å². The number of hydrogen-bond donors (Lipinski definition) is 0. The molecule has 0 bridgehead atoms. The molecule has 1 aromatic carbocycles. The van der Waals surface area contributed by atoms with Crippen LogP contribution in [0.25, 0.3) is 11.3 Å². The summed E-state index contributed by atoms with van der Waals surface area (Å²) in [6.07, 6.45) is 4.58. The van der Waals surface area contributed by atoms with E-state index in [1.165, 1.54) is 29.5 Å². The number of pyridine rings is 1. The minimum atomic E-state index is 0.787. The predicted octanol–water partition coefficient (Wildman–Crippen LogP) is 5.13. The van der Waals surface area contributed by atoms with E-state index in [1.54, 1.807) is 11.8 Å². The molecule has 0 radical (unpaired) electrons. The first kappa shape index (κ1) is 15.5. The first-order chi connectivity index (χ1) is 11.6. The molecule has 0 saturated heterocycles. The minimum absolute atomic E-state index is 0.787. The zero-order valence-corrected chi connectivity index (χ0v) is 15.1. The van der Waals surface area contributed by atoms with Gasteiger partial charge in [-0.1, -0.05) is 30.3 Å². The summed E-state index contributed by atoms with van der Waals surface area (Å²) >= 11 is 1.68. The molecule has 1 fully saturated rings. The van der Waals surface area contributed by atoms with Crippen molar-refractivity contribution in [3.8, 4) is 11.3 Å². The van der Waals surface area contributed by atoms with Gasteiger partial charge in [0.2, 0.25) is 0 Å². The summed E-state index contributed by atoms with van der Waals surface area (Å²) in [7, 11) is 2.07. The fourth-order valence-corrected chi connectivity index (χ4v) is 3.81. The lowest BCUT2D eigenvalue weighted by Gasteiger charge is -2.07. The van der Waals surface area contributed by atoms with Crippen molar-refractivity contribution in [1.29, 1.82) is 0 Å². The van der Waals surface area contributed by atoms with Crippen molar-refractivity contribution in [1.82, 2.24) is 14.5 Å². The molecular formula is C20H21N3S. The Balaban J connectivity index is 1.69. The fraction of sp³-hybridized carbons (Fsp3) is 0.300. The standard InChI is InChI=1S/C20H21N3S/c1-13-4-11-18(21-12-13)24-20-19(22-14(2)23(20)3)17-9-7-16(8-10-17)15-5-6-15/h4,7-12,15H,5-6H2,1-3H3. The largest absolute Gasteiger partial charge is 0.326 e. The van der Waals surface area contributed by atoms with Gasteiger partial charge in [-0.2, -0.15) is 0 Å². The molecule has 0 atom stereocenters. The molecule has 1 aliphatic rings. The van der Waals surface area contributed by atoms with E-state index >= 15 is 0 Å². The van der Waals surface area contributed by atoms with Crippen molar-refractivity contribution in [2.45, 2.75) is 42.7 Å². The quantitative estimate of drug-likeness (QED) is 0.662. The fourth-order valence-electron chi connectivity index (χ4n) is 2.84.